The van der Waals surface area contributed by atoms with Crippen LogP contribution in [0.4, 0.5) is 10.1 Å². The third-order valence-electron chi connectivity index (χ3n) is 2.03. The molecular weight excluding hydrogens is 225 g/mol. The molecule has 6 heteroatoms. The highest BCUT2D eigenvalue weighted by Gasteiger charge is 2.09. The van der Waals surface area contributed by atoms with Crippen LogP contribution in [0.2, 0.25) is 0 Å². The van der Waals surface area contributed by atoms with E-state index in [9.17, 15) is 14.0 Å². The van der Waals surface area contributed by atoms with Gasteiger partial charge in [-0.05, 0) is 12.1 Å². The van der Waals surface area contributed by atoms with Crippen LogP contribution in [-0.4, -0.2) is 15.9 Å². The van der Waals surface area contributed by atoms with Crippen molar-refractivity contribution in [2.24, 2.45) is 0 Å². The Balaban J connectivity index is 2.23. The zero-order valence-corrected chi connectivity index (χ0v) is 8.61. The minimum absolute atomic E-state index is 0.00898. The Morgan fingerprint density at radius 2 is 2.18 bits per heavy atom. The molecule has 0 saturated carbocycles. The molecule has 0 aromatic carbocycles. The molecule has 2 heterocycles. The summed E-state index contributed by atoms with van der Waals surface area (Å²) in [5, 5.41) is 2.33. The minimum atomic E-state index is -0.640. The SMILES string of the molecule is O=C(Nc1ccncc1F)c1cccc(=O)[nH]1. The van der Waals surface area contributed by atoms with Crippen LogP contribution in [0.3, 0.4) is 0 Å². The summed E-state index contributed by atoms with van der Waals surface area (Å²) in [5.74, 6) is -1.23. The van der Waals surface area contributed by atoms with E-state index in [4.69, 9.17) is 0 Å². The first kappa shape index (κ1) is 11.0. The van der Waals surface area contributed by atoms with E-state index in [2.05, 4.69) is 15.3 Å². The van der Waals surface area contributed by atoms with Crippen molar-refractivity contribution in [3.05, 3.63) is 58.5 Å². The number of aromatic amines is 1. The normalized spacial score (nSPS) is 9.94. The third-order valence-corrected chi connectivity index (χ3v) is 2.03. The predicted octanol–water partition coefficient (Wildman–Crippen LogP) is 1.16. The van der Waals surface area contributed by atoms with Gasteiger partial charge in [0.1, 0.15) is 5.69 Å². The molecule has 0 aliphatic rings. The van der Waals surface area contributed by atoms with E-state index in [-0.39, 0.29) is 11.4 Å². The predicted molar refractivity (Wildman–Crippen MR) is 59.2 cm³/mol. The molecular formula is C11H8FN3O2. The van der Waals surface area contributed by atoms with Gasteiger partial charge in [0.05, 0.1) is 11.9 Å². The van der Waals surface area contributed by atoms with Gasteiger partial charge in [0.15, 0.2) is 5.82 Å². The third kappa shape index (κ3) is 2.54. The minimum Gasteiger partial charge on any atom is -0.318 e. The van der Waals surface area contributed by atoms with Gasteiger partial charge in [-0.25, -0.2) is 4.39 Å². The molecule has 5 nitrogen and oxygen atoms in total. The molecule has 0 unspecified atom stereocenters. The molecule has 0 bridgehead atoms. The van der Waals surface area contributed by atoms with E-state index in [0.29, 0.717) is 0 Å². The van der Waals surface area contributed by atoms with Crippen LogP contribution in [0.5, 0.6) is 0 Å². The standard InChI is InChI=1S/C11H8FN3O2/c12-7-6-13-5-4-8(7)15-11(17)9-2-1-3-10(16)14-9/h1-6H,(H,14,16)(H,13,15,17). The lowest BCUT2D eigenvalue weighted by atomic mass is 10.3. The number of hydrogen-bond acceptors (Lipinski definition) is 3. The van der Waals surface area contributed by atoms with Crippen LogP contribution in [0.1, 0.15) is 10.5 Å². The van der Waals surface area contributed by atoms with E-state index in [0.717, 1.165) is 6.20 Å². The molecule has 86 valence electrons. The highest BCUT2D eigenvalue weighted by Crippen LogP contribution is 2.11. The van der Waals surface area contributed by atoms with E-state index >= 15 is 0 Å². The van der Waals surface area contributed by atoms with Crippen molar-refractivity contribution in [3.8, 4) is 0 Å². The number of carbonyl (C=O) groups excluding carboxylic acids is 1. The summed E-state index contributed by atoms with van der Waals surface area (Å²) in [7, 11) is 0. The first-order chi connectivity index (χ1) is 8.16. The molecule has 0 fully saturated rings. The van der Waals surface area contributed by atoms with Gasteiger partial charge in [0.2, 0.25) is 5.56 Å². The van der Waals surface area contributed by atoms with Gasteiger partial charge in [-0.3, -0.25) is 14.6 Å². The second kappa shape index (κ2) is 4.56. The summed E-state index contributed by atoms with van der Waals surface area (Å²) >= 11 is 0. The maximum absolute atomic E-state index is 13.2. The molecule has 2 aromatic heterocycles. The number of nitrogens with zero attached hydrogens (tertiary/aromatic N) is 1. The van der Waals surface area contributed by atoms with E-state index in [1.54, 1.807) is 0 Å². The quantitative estimate of drug-likeness (QED) is 0.817. The topological polar surface area (TPSA) is 74.8 Å². The van der Waals surface area contributed by atoms with Gasteiger partial charge in [0, 0.05) is 12.3 Å². The summed E-state index contributed by atoms with van der Waals surface area (Å²) < 4.78 is 13.2. The van der Waals surface area contributed by atoms with Gasteiger partial charge in [-0.1, -0.05) is 6.07 Å². The smallest absolute Gasteiger partial charge is 0.272 e. The number of anilines is 1. The second-order valence-electron chi connectivity index (χ2n) is 3.24. The molecule has 0 atom stereocenters. The summed E-state index contributed by atoms with van der Waals surface area (Å²) in [6.45, 7) is 0. The molecule has 0 radical (unpaired) electrons. The molecule has 17 heavy (non-hydrogen) atoms. The average Bonchev–Trinajstić information content (AvgIpc) is 2.32. The fourth-order valence-electron chi connectivity index (χ4n) is 1.25. The molecule has 2 rings (SSSR count). The van der Waals surface area contributed by atoms with Crippen molar-refractivity contribution in [1.29, 1.82) is 0 Å². The largest absolute Gasteiger partial charge is 0.318 e. The van der Waals surface area contributed by atoms with Crippen LogP contribution < -0.4 is 10.9 Å². The fourth-order valence-corrected chi connectivity index (χ4v) is 1.25. The number of rotatable bonds is 2. The number of aromatic nitrogens is 2. The molecule has 0 spiro atoms. The van der Waals surface area contributed by atoms with Crippen molar-refractivity contribution in [2.45, 2.75) is 0 Å². The molecule has 2 aromatic rings. The van der Waals surface area contributed by atoms with Gasteiger partial charge in [0.25, 0.3) is 5.91 Å². The number of H-pyrrole nitrogens is 1. The number of amides is 1. The second-order valence-corrected chi connectivity index (χ2v) is 3.24. The first-order valence-electron chi connectivity index (χ1n) is 4.77. The number of pyridine rings is 2. The Morgan fingerprint density at radius 3 is 2.88 bits per heavy atom. The lowest BCUT2D eigenvalue weighted by molar-refractivity contribution is 0.102. The highest BCUT2D eigenvalue weighted by molar-refractivity contribution is 6.02. The Labute approximate surface area is 95.3 Å². The summed E-state index contributed by atoms with van der Waals surface area (Å²) in [6.07, 6.45) is 2.34. The van der Waals surface area contributed by atoms with Crippen molar-refractivity contribution in [1.82, 2.24) is 9.97 Å². The van der Waals surface area contributed by atoms with Crippen molar-refractivity contribution < 1.29 is 9.18 Å². The van der Waals surface area contributed by atoms with Gasteiger partial charge in [-0.2, -0.15) is 0 Å². The van der Waals surface area contributed by atoms with Gasteiger partial charge >= 0.3 is 0 Å². The summed E-state index contributed by atoms with van der Waals surface area (Å²) in [6, 6.07) is 5.48. The summed E-state index contributed by atoms with van der Waals surface area (Å²) in [4.78, 5) is 28.5. The van der Waals surface area contributed by atoms with E-state index in [1.807, 2.05) is 0 Å². The zero-order valence-electron chi connectivity index (χ0n) is 8.61. The molecule has 0 aliphatic carbocycles. The van der Waals surface area contributed by atoms with Crippen molar-refractivity contribution >= 4 is 11.6 Å². The number of hydrogen-bond donors (Lipinski definition) is 2. The van der Waals surface area contributed by atoms with E-state index in [1.165, 1.54) is 30.5 Å². The Hall–Kier alpha value is -2.50. The van der Waals surface area contributed by atoms with Crippen LogP contribution >= 0.6 is 0 Å². The maximum Gasteiger partial charge on any atom is 0.272 e. The van der Waals surface area contributed by atoms with Crippen LogP contribution in [0, 0.1) is 5.82 Å². The maximum atomic E-state index is 13.2. The lowest BCUT2D eigenvalue weighted by Gasteiger charge is -2.05. The summed E-state index contributed by atoms with van der Waals surface area (Å²) in [5.41, 5.74) is -0.323. The van der Waals surface area contributed by atoms with Gasteiger partial charge in [-0.15, -0.1) is 0 Å². The number of halogens is 1. The molecule has 0 saturated heterocycles. The van der Waals surface area contributed by atoms with Gasteiger partial charge < -0.3 is 10.3 Å². The highest BCUT2D eigenvalue weighted by atomic mass is 19.1. The Bertz CT molecular complexity index is 609. The zero-order chi connectivity index (χ0) is 12.3. The Kier molecular flexibility index (Phi) is 2.95. The Morgan fingerprint density at radius 1 is 1.35 bits per heavy atom. The number of nitrogens with one attached hydrogen (secondary N) is 2. The van der Waals surface area contributed by atoms with Crippen LogP contribution in [0.25, 0.3) is 0 Å². The van der Waals surface area contributed by atoms with Crippen molar-refractivity contribution in [2.75, 3.05) is 5.32 Å². The van der Waals surface area contributed by atoms with Crippen LogP contribution in [-0.2, 0) is 0 Å². The molecule has 2 N–H and O–H groups in total. The monoisotopic (exact) mass is 233 g/mol. The fraction of sp³-hybridized carbons (Fsp3) is 0. The lowest BCUT2D eigenvalue weighted by Crippen LogP contribution is -2.18. The van der Waals surface area contributed by atoms with Crippen LogP contribution in [0.15, 0.2) is 41.5 Å². The first-order valence-corrected chi connectivity index (χ1v) is 4.77. The molecule has 1 amide bonds. The molecule has 0 aliphatic heterocycles. The number of carbonyl (C=O) groups is 1. The average molecular weight is 233 g/mol. The van der Waals surface area contributed by atoms with Crippen molar-refractivity contribution in [3.63, 3.8) is 0 Å². The van der Waals surface area contributed by atoms with E-state index < -0.39 is 17.3 Å².